The fraction of sp³-hybridized carbons (Fsp3) is 0.600. The van der Waals surface area contributed by atoms with Gasteiger partial charge in [0.2, 0.25) is 0 Å². The number of nitriles is 1. The highest BCUT2D eigenvalue weighted by molar-refractivity contribution is 5.93. The molecule has 0 N–H and O–H groups in total. The predicted molar refractivity (Wildman–Crippen MR) is 47.7 cm³/mol. The molecular formula is C10H13NO2. The molecule has 0 saturated heterocycles. The third kappa shape index (κ3) is 2.32. The second-order valence-corrected chi connectivity index (χ2v) is 3.02. The summed E-state index contributed by atoms with van der Waals surface area (Å²) in [5, 5.41) is 8.77. The summed E-state index contributed by atoms with van der Waals surface area (Å²) >= 11 is 0. The van der Waals surface area contributed by atoms with Crippen LogP contribution in [0.3, 0.4) is 0 Å². The number of carbonyl (C=O) groups excluding carboxylic acids is 1. The van der Waals surface area contributed by atoms with Crippen LogP contribution in [0.5, 0.6) is 0 Å². The van der Waals surface area contributed by atoms with E-state index in [4.69, 9.17) is 10.00 Å². The van der Waals surface area contributed by atoms with Gasteiger partial charge in [0.1, 0.15) is 11.6 Å². The molecule has 70 valence electrons. The van der Waals surface area contributed by atoms with Gasteiger partial charge in [0.15, 0.2) is 0 Å². The molecule has 1 saturated carbocycles. The van der Waals surface area contributed by atoms with E-state index in [0.29, 0.717) is 6.61 Å². The summed E-state index contributed by atoms with van der Waals surface area (Å²) in [6.07, 6.45) is 3.92. The van der Waals surface area contributed by atoms with E-state index in [2.05, 4.69) is 0 Å². The largest absolute Gasteiger partial charge is 0.462 e. The van der Waals surface area contributed by atoms with Gasteiger partial charge in [-0.15, -0.1) is 0 Å². The summed E-state index contributed by atoms with van der Waals surface area (Å²) in [5.41, 5.74) is 1.21. The molecule has 0 amide bonds. The van der Waals surface area contributed by atoms with E-state index in [1.54, 1.807) is 6.92 Å². The first-order valence-corrected chi connectivity index (χ1v) is 4.58. The molecule has 0 aromatic carbocycles. The molecule has 0 unspecified atom stereocenters. The van der Waals surface area contributed by atoms with Crippen LogP contribution in [0.1, 0.15) is 32.6 Å². The number of nitrogens with zero attached hydrogens (tertiary/aromatic N) is 1. The van der Waals surface area contributed by atoms with Gasteiger partial charge >= 0.3 is 5.97 Å². The van der Waals surface area contributed by atoms with Crippen LogP contribution in [-0.4, -0.2) is 12.6 Å². The molecule has 0 heterocycles. The molecule has 1 aliphatic carbocycles. The van der Waals surface area contributed by atoms with E-state index in [0.717, 1.165) is 31.3 Å². The fourth-order valence-corrected chi connectivity index (χ4v) is 1.52. The number of hydrogen-bond donors (Lipinski definition) is 0. The van der Waals surface area contributed by atoms with Crippen LogP contribution in [0.25, 0.3) is 0 Å². The Morgan fingerprint density at radius 1 is 1.54 bits per heavy atom. The Morgan fingerprint density at radius 2 is 2.15 bits per heavy atom. The van der Waals surface area contributed by atoms with Crippen LogP contribution in [0.2, 0.25) is 0 Å². The molecule has 0 aromatic rings. The summed E-state index contributed by atoms with van der Waals surface area (Å²) < 4.78 is 4.79. The van der Waals surface area contributed by atoms with Gasteiger partial charge in [-0.3, -0.25) is 0 Å². The number of esters is 1. The van der Waals surface area contributed by atoms with Crippen molar-refractivity contribution in [1.82, 2.24) is 0 Å². The SMILES string of the molecule is CCOC(=O)C(C#N)=C1CCCC1. The minimum Gasteiger partial charge on any atom is -0.462 e. The molecule has 3 nitrogen and oxygen atoms in total. The van der Waals surface area contributed by atoms with E-state index in [1.807, 2.05) is 6.07 Å². The minimum absolute atomic E-state index is 0.236. The van der Waals surface area contributed by atoms with Crippen molar-refractivity contribution in [3.63, 3.8) is 0 Å². The Hall–Kier alpha value is -1.30. The number of rotatable bonds is 2. The van der Waals surface area contributed by atoms with Gasteiger partial charge < -0.3 is 4.74 Å². The maximum absolute atomic E-state index is 11.3. The molecule has 0 aromatic heterocycles. The normalized spacial score (nSPS) is 15.2. The Bertz CT molecular complexity index is 265. The third-order valence-corrected chi connectivity index (χ3v) is 2.15. The van der Waals surface area contributed by atoms with Gasteiger partial charge in [0.25, 0.3) is 0 Å². The lowest BCUT2D eigenvalue weighted by atomic mass is 10.1. The van der Waals surface area contributed by atoms with E-state index in [-0.39, 0.29) is 5.57 Å². The van der Waals surface area contributed by atoms with Gasteiger partial charge in [-0.25, -0.2) is 4.79 Å². The predicted octanol–water partition coefficient (Wildman–Crippen LogP) is 1.94. The fourth-order valence-electron chi connectivity index (χ4n) is 1.52. The molecule has 0 spiro atoms. The lowest BCUT2D eigenvalue weighted by molar-refractivity contribution is -0.138. The van der Waals surface area contributed by atoms with Crippen molar-refractivity contribution >= 4 is 5.97 Å². The van der Waals surface area contributed by atoms with Crippen molar-refractivity contribution in [2.75, 3.05) is 6.61 Å². The third-order valence-electron chi connectivity index (χ3n) is 2.15. The van der Waals surface area contributed by atoms with Gasteiger partial charge in [-0.2, -0.15) is 5.26 Å². The molecule has 1 rings (SSSR count). The first kappa shape index (κ1) is 9.79. The average Bonchev–Trinajstić information content (AvgIpc) is 2.59. The van der Waals surface area contributed by atoms with E-state index >= 15 is 0 Å². The van der Waals surface area contributed by atoms with Crippen molar-refractivity contribution < 1.29 is 9.53 Å². The zero-order valence-corrected chi connectivity index (χ0v) is 7.80. The first-order chi connectivity index (χ1) is 6.29. The molecule has 0 bridgehead atoms. The van der Waals surface area contributed by atoms with Crippen molar-refractivity contribution in [3.8, 4) is 6.07 Å². The highest BCUT2D eigenvalue weighted by Gasteiger charge is 2.18. The molecule has 0 radical (unpaired) electrons. The second kappa shape index (κ2) is 4.66. The van der Waals surface area contributed by atoms with Crippen molar-refractivity contribution in [3.05, 3.63) is 11.1 Å². The number of hydrogen-bond acceptors (Lipinski definition) is 3. The Kier molecular flexibility index (Phi) is 3.51. The van der Waals surface area contributed by atoms with Gasteiger partial charge in [0, 0.05) is 0 Å². The molecule has 1 aliphatic rings. The quantitative estimate of drug-likeness (QED) is 0.370. The zero-order valence-electron chi connectivity index (χ0n) is 7.80. The minimum atomic E-state index is -0.457. The van der Waals surface area contributed by atoms with Crippen molar-refractivity contribution in [2.45, 2.75) is 32.6 Å². The van der Waals surface area contributed by atoms with Gasteiger partial charge in [-0.05, 0) is 38.2 Å². The Morgan fingerprint density at radius 3 is 2.62 bits per heavy atom. The van der Waals surface area contributed by atoms with Crippen LogP contribution in [0, 0.1) is 11.3 Å². The maximum atomic E-state index is 11.3. The standard InChI is InChI=1S/C10H13NO2/c1-2-13-10(12)9(7-11)8-5-3-4-6-8/h2-6H2,1H3. The Balaban J connectivity index is 2.77. The van der Waals surface area contributed by atoms with Crippen LogP contribution < -0.4 is 0 Å². The molecule has 0 atom stereocenters. The molecule has 1 fully saturated rings. The van der Waals surface area contributed by atoms with Crippen LogP contribution in [-0.2, 0) is 9.53 Å². The monoisotopic (exact) mass is 179 g/mol. The highest BCUT2D eigenvalue weighted by atomic mass is 16.5. The summed E-state index contributed by atoms with van der Waals surface area (Å²) in [6, 6.07) is 1.93. The van der Waals surface area contributed by atoms with Crippen molar-refractivity contribution in [1.29, 1.82) is 5.26 Å². The summed E-state index contributed by atoms with van der Waals surface area (Å²) in [4.78, 5) is 11.3. The second-order valence-electron chi connectivity index (χ2n) is 3.02. The molecule has 3 heteroatoms. The maximum Gasteiger partial charge on any atom is 0.348 e. The summed E-state index contributed by atoms with van der Waals surface area (Å²) in [7, 11) is 0. The zero-order chi connectivity index (χ0) is 9.68. The van der Waals surface area contributed by atoms with Gasteiger partial charge in [-0.1, -0.05) is 0 Å². The van der Waals surface area contributed by atoms with Gasteiger partial charge in [0.05, 0.1) is 6.61 Å². The lowest BCUT2D eigenvalue weighted by Gasteiger charge is -2.02. The number of ether oxygens (including phenoxy) is 1. The Labute approximate surface area is 78.0 Å². The lowest BCUT2D eigenvalue weighted by Crippen LogP contribution is -2.08. The molecule has 0 aliphatic heterocycles. The van der Waals surface area contributed by atoms with Crippen LogP contribution in [0.15, 0.2) is 11.1 Å². The smallest absolute Gasteiger partial charge is 0.348 e. The van der Waals surface area contributed by atoms with Crippen LogP contribution >= 0.6 is 0 Å². The highest BCUT2D eigenvalue weighted by Crippen LogP contribution is 2.27. The number of allylic oxidation sites excluding steroid dienone is 1. The first-order valence-electron chi connectivity index (χ1n) is 4.58. The molecular weight excluding hydrogens is 166 g/mol. The van der Waals surface area contributed by atoms with Crippen LogP contribution in [0.4, 0.5) is 0 Å². The van der Waals surface area contributed by atoms with E-state index < -0.39 is 5.97 Å². The van der Waals surface area contributed by atoms with E-state index in [9.17, 15) is 4.79 Å². The summed E-state index contributed by atoms with van der Waals surface area (Å²) in [6.45, 7) is 2.07. The van der Waals surface area contributed by atoms with E-state index in [1.165, 1.54) is 0 Å². The summed E-state index contributed by atoms with van der Waals surface area (Å²) in [5.74, 6) is -0.457. The van der Waals surface area contributed by atoms with Crippen molar-refractivity contribution in [2.24, 2.45) is 0 Å². The number of carbonyl (C=O) groups is 1. The molecule has 13 heavy (non-hydrogen) atoms. The average molecular weight is 179 g/mol. The topological polar surface area (TPSA) is 50.1 Å².